The van der Waals surface area contributed by atoms with Crippen LogP contribution in [-0.2, 0) is 6.54 Å². The number of imidazole rings is 1. The van der Waals surface area contributed by atoms with Crippen molar-refractivity contribution in [2.24, 2.45) is 4.99 Å². The second kappa shape index (κ2) is 13.2. The van der Waals surface area contributed by atoms with Crippen molar-refractivity contribution in [3.8, 4) is 11.4 Å². The van der Waals surface area contributed by atoms with E-state index in [0.29, 0.717) is 24.6 Å². The van der Waals surface area contributed by atoms with Crippen LogP contribution in [0.4, 0.5) is 17.2 Å². The van der Waals surface area contributed by atoms with Crippen molar-refractivity contribution in [3.05, 3.63) is 84.1 Å². The Balaban J connectivity index is 0.000000596. The van der Waals surface area contributed by atoms with Crippen molar-refractivity contribution >= 4 is 29.1 Å². The molecule has 216 valence electrons. The number of fused-ring (bicyclic) bond motifs is 3. The fraction of sp³-hybridized carbons (Fsp3) is 0.344. The van der Waals surface area contributed by atoms with Gasteiger partial charge in [0.05, 0.1) is 18.6 Å². The lowest BCUT2D eigenvalue weighted by molar-refractivity contribution is 0.0866. The van der Waals surface area contributed by atoms with Gasteiger partial charge in [0.2, 0.25) is 5.96 Å². The van der Waals surface area contributed by atoms with E-state index in [0.717, 1.165) is 40.7 Å². The zero-order chi connectivity index (χ0) is 29.5. The first-order valence-electron chi connectivity index (χ1n) is 14.4. The van der Waals surface area contributed by atoms with Crippen LogP contribution in [0.5, 0.6) is 5.75 Å². The second-order valence-corrected chi connectivity index (χ2v) is 9.75. The molecule has 0 radical (unpaired) electrons. The van der Waals surface area contributed by atoms with E-state index in [1.165, 1.54) is 12.8 Å². The molecule has 0 unspecified atom stereocenters. The minimum absolute atomic E-state index is 0.0875. The molecule has 6 rings (SSSR count). The Bertz CT molecular complexity index is 1470. The van der Waals surface area contributed by atoms with Crippen molar-refractivity contribution in [2.75, 3.05) is 30.4 Å². The number of aliphatic imine (C=N–C) groups is 1. The van der Waals surface area contributed by atoms with Crippen LogP contribution in [0.2, 0.25) is 0 Å². The summed E-state index contributed by atoms with van der Waals surface area (Å²) in [6.45, 7) is 12.4. The fourth-order valence-electron chi connectivity index (χ4n) is 4.83. The molecule has 2 N–H and O–H groups in total. The molecule has 0 fully saturated rings. The number of rotatable bonds is 6. The first-order valence-corrected chi connectivity index (χ1v) is 14.4. The van der Waals surface area contributed by atoms with Gasteiger partial charge in [-0.25, -0.2) is 4.98 Å². The molecule has 0 atom stereocenters. The lowest BCUT2D eigenvalue weighted by Gasteiger charge is -2.32. The molecule has 0 spiro atoms. The third kappa shape index (κ3) is 5.99. The highest BCUT2D eigenvalue weighted by molar-refractivity contribution is 6.22. The summed E-state index contributed by atoms with van der Waals surface area (Å²) in [5.41, 5.74) is 5.46. The molecule has 0 aliphatic carbocycles. The van der Waals surface area contributed by atoms with Gasteiger partial charge in [0, 0.05) is 49.6 Å². The number of anilines is 3. The highest BCUT2D eigenvalue weighted by atomic mass is 16.3. The number of aromatic nitrogens is 3. The molecule has 0 bridgehead atoms. The van der Waals surface area contributed by atoms with Crippen molar-refractivity contribution < 1.29 is 9.90 Å². The molecule has 9 nitrogen and oxygen atoms in total. The quantitative estimate of drug-likeness (QED) is 0.263. The van der Waals surface area contributed by atoms with Gasteiger partial charge in [-0.1, -0.05) is 52.7 Å². The number of nitrogens with one attached hydrogen (secondary N) is 1. The monoisotopic (exact) mass is 555 g/mol. The molecule has 4 aromatic rings. The van der Waals surface area contributed by atoms with E-state index < -0.39 is 0 Å². The van der Waals surface area contributed by atoms with E-state index in [2.05, 4.69) is 69.8 Å². The summed E-state index contributed by atoms with van der Waals surface area (Å²) in [7, 11) is 1.77. The highest BCUT2D eigenvalue weighted by Gasteiger charge is 2.41. The van der Waals surface area contributed by atoms with Gasteiger partial charge in [0.15, 0.2) is 0 Å². The summed E-state index contributed by atoms with van der Waals surface area (Å²) in [6.07, 6.45) is 8.08. The fourth-order valence-corrected chi connectivity index (χ4v) is 4.83. The van der Waals surface area contributed by atoms with Gasteiger partial charge < -0.3 is 24.5 Å². The van der Waals surface area contributed by atoms with Crippen LogP contribution in [0.15, 0.2) is 72.2 Å². The van der Waals surface area contributed by atoms with Crippen LogP contribution in [0.1, 0.15) is 62.2 Å². The smallest absolute Gasteiger partial charge is 0.266 e. The summed E-state index contributed by atoms with van der Waals surface area (Å²) in [5, 5.41) is 13.2. The zero-order valence-electron chi connectivity index (χ0n) is 24.9. The lowest BCUT2D eigenvalue weighted by Crippen LogP contribution is -2.47. The molecular weight excluding hydrogens is 514 g/mol. The van der Waals surface area contributed by atoms with Gasteiger partial charge in [-0.2, -0.15) is 0 Å². The van der Waals surface area contributed by atoms with Crippen LogP contribution >= 0.6 is 0 Å². The largest absolute Gasteiger partial charge is 0.508 e. The number of unbranched alkanes of at least 4 members (excludes halogenated alkanes) is 1. The normalized spacial score (nSPS) is 13.4. The molecule has 2 aromatic heterocycles. The predicted octanol–water partition coefficient (Wildman–Crippen LogP) is 6.57. The van der Waals surface area contributed by atoms with Crippen LogP contribution in [-0.4, -0.2) is 56.1 Å². The van der Waals surface area contributed by atoms with Crippen LogP contribution in [0.3, 0.4) is 0 Å². The lowest BCUT2D eigenvalue weighted by atomic mass is 10.1. The molecule has 4 heterocycles. The first-order chi connectivity index (χ1) is 19.9. The Morgan fingerprint density at radius 2 is 1.68 bits per heavy atom. The van der Waals surface area contributed by atoms with Gasteiger partial charge in [-0.3, -0.25) is 14.7 Å². The number of aromatic hydroxyl groups is 1. The van der Waals surface area contributed by atoms with Crippen LogP contribution in [0, 0.1) is 6.92 Å². The number of hydrogen-bond donors (Lipinski definition) is 2. The Morgan fingerprint density at radius 3 is 2.29 bits per heavy atom. The van der Waals surface area contributed by atoms with E-state index in [1.807, 2.05) is 24.6 Å². The molecule has 0 saturated heterocycles. The summed E-state index contributed by atoms with van der Waals surface area (Å²) in [6, 6.07) is 15.2. The Labute approximate surface area is 242 Å². The number of nitrogens with zero attached hydrogens (tertiary/aromatic N) is 6. The average molecular weight is 556 g/mol. The predicted molar refractivity (Wildman–Crippen MR) is 167 cm³/mol. The maximum atomic E-state index is 13.5. The summed E-state index contributed by atoms with van der Waals surface area (Å²) < 4.78 is 4.11. The molecule has 2 aliphatic rings. The number of guanidine groups is 1. The third-order valence-corrected chi connectivity index (χ3v) is 7.11. The molecule has 41 heavy (non-hydrogen) atoms. The van der Waals surface area contributed by atoms with E-state index in [9.17, 15) is 9.90 Å². The summed E-state index contributed by atoms with van der Waals surface area (Å²) >= 11 is 0. The molecule has 2 aliphatic heterocycles. The van der Waals surface area contributed by atoms with Crippen LogP contribution < -0.4 is 10.2 Å². The van der Waals surface area contributed by atoms with Gasteiger partial charge in [-0.05, 0) is 48.9 Å². The number of hydrogen-bond acceptors (Lipinski definition) is 6. The molecular formula is C32H41N7O2. The standard InChI is InChI=1S/C26H25N7O2.C4H10.C2H6/c1-17-23-22(25(35)30(2)26-28-12-14-32(23)26)24(29-19-5-9-21(34)10-6-19)33(17)15-18-3-7-20(8-4-18)31-13-11-27-16-31;1-3-4-2;1-2/h3-11,13,16,29,34H,12,14-15H2,1-2H3;3-4H2,1-2H3;1-2H3. The van der Waals surface area contributed by atoms with Gasteiger partial charge in [0.1, 0.15) is 17.1 Å². The van der Waals surface area contributed by atoms with E-state index in [1.54, 1.807) is 48.7 Å². The first kappa shape index (κ1) is 29.5. The number of benzene rings is 2. The molecule has 2 aromatic carbocycles. The maximum absolute atomic E-state index is 13.5. The van der Waals surface area contributed by atoms with Crippen molar-refractivity contribution in [1.29, 1.82) is 0 Å². The zero-order valence-corrected chi connectivity index (χ0v) is 24.9. The van der Waals surface area contributed by atoms with Gasteiger partial charge in [0.25, 0.3) is 5.91 Å². The Morgan fingerprint density at radius 1 is 1.00 bits per heavy atom. The summed E-state index contributed by atoms with van der Waals surface area (Å²) in [4.78, 5) is 26.0. The van der Waals surface area contributed by atoms with E-state index >= 15 is 0 Å². The second-order valence-electron chi connectivity index (χ2n) is 9.75. The topological polar surface area (TPSA) is 90.9 Å². The van der Waals surface area contributed by atoms with Gasteiger partial charge in [-0.15, -0.1) is 0 Å². The van der Waals surface area contributed by atoms with Gasteiger partial charge >= 0.3 is 0 Å². The van der Waals surface area contributed by atoms with E-state index in [4.69, 9.17) is 0 Å². The average Bonchev–Trinajstić information content (AvgIpc) is 3.76. The Hall–Kier alpha value is -4.53. The third-order valence-electron chi connectivity index (χ3n) is 7.11. The number of phenols is 1. The maximum Gasteiger partial charge on any atom is 0.266 e. The van der Waals surface area contributed by atoms with E-state index in [-0.39, 0.29) is 11.7 Å². The Kier molecular flexibility index (Phi) is 9.49. The number of carbonyl (C=O) groups excluding carboxylic acids is 1. The van der Waals surface area contributed by atoms with Crippen molar-refractivity contribution in [1.82, 2.24) is 19.0 Å². The van der Waals surface area contributed by atoms with Crippen LogP contribution in [0.25, 0.3) is 5.69 Å². The molecule has 1 amide bonds. The van der Waals surface area contributed by atoms with Crippen molar-refractivity contribution in [3.63, 3.8) is 0 Å². The number of phenolic OH excluding ortho intramolecular Hbond substituents is 1. The highest BCUT2D eigenvalue weighted by Crippen LogP contribution is 2.41. The minimum atomic E-state index is -0.0875. The molecule has 9 heteroatoms. The summed E-state index contributed by atoms with van der Waals surface area (Å²) in [5.74, 6) is 1.53. The SMILES string of the molecule is CC.CCCC.Cc1c2c(c(Nc3ccc(O)cc3)n1Cc1ccc(-n3ccnc3)cc1)C(=O)N(C)C1=NCCN12. The van der Waals surface area contributed by atoms with Crippen molar-refractivity contribution in [2.45, 2.75) is 54.0 Å². The number of amides is 1. The number of carbonyl (C=O) groups is 1. The minimum Gasteiger partial charge on any atom is -0.508 e. The molecule has 0 saturated carbocycles.